The standard InChI is InChI=1S/C13H14N2.ClH/c1-9-5-6-10-3-2-4-12(13(10)15-9)11-7-14-8-11;/h2-6,11,14H,7-8H2,1H3;1H. The normalized spacial score (nSPS) is 15.6. The molecule has 16 heavy (non-hydrogen) atoms. The summed E-state index contributed by atoms with van der Waals surface area (Å²) in [6.45, 7) is 4.23. The molecule has 3 heteroatoms. The van der Waals surface area contributed by atoms with Gasteiger partial charge in [-0.1, -0.05) is 24.3 Å². The van der Waals surface area contributed by atoms with E-state index < -0.39 is 0 Å². The molecule has 0 saturated carbocycles. The first-order valence-corrected chi connectivity index (χ1v) is 5.41. The van der Waals surface area contributed by atoms with Crippen LogP contribution in [-0.4, -0.2) is 18.1 Å². The summed E-state index contributed by atoms with van der Waals surface area (Å²) in [5.74, 6) is 0.656. The highest BCUT2D eigenvalue weighted by atomic mass is 35.5. The molecule has 0 radical (unpaired) electrons. The number of halogens is 1. The number of pyridine rings is 1. The lowest BCUT2D eigenvalue weighted by atomic mass is 9.91. The van der Waals surface area contributed by atoms with E-state index in [9.17, 15) is 0 Å². The summed E-state index contributed by atoms with van der Waals surface area (Å²) in [5.41, 5.74) is 3.68. The summed E-state index contributed by atoms with van der Waals surface area (Å²) in [5, 5.41) is 4.57. The number of hydrogen-bond acceptors (Lipinski definition) is 2. The monoisotopic (exact) mass is 234 g/mol. The van der Waals surface area contributed by atoms with Crippen LogP contribution in [0.3, 0.4) is 0 Å². The number of rotatable bonds is 1. The van der Waals surface area contributed by atoms with Crippen LogP contribution in [0.1, 0.15) is 17.2 Å². The number of aromatic nitrogens is 1. The number of nitrogens with one attached hydrogen (secondary N) is 1. The van der Waals surface area contributed by atoms with Crippen molar-refractivity contribution in [1.82, 2.24) is 10.3 Å². The zero-order chi connectivity index (χ0) is 10.3. The van der Waals surface area contributed by atoms with Crippen molar-refractivity contribution in [3.8, 4) is 0 Å². The third-order valence-corrected chi connectivity index (χ3v) is 3.11. The fourth-order valence-corrected chi connectivity index (χ4v) is 2.11. The molecule has 3 rings (SSSR count). The molecule has 1 aromatic heterocycles. The van der Waals surface area contributed by atoms with E-state index in [4.69, 9.17) is 0 Å². The SMILES string of the molecule is Cc1ccc2cccc(C3CNC3)c2n1.Cl. The molecule has 1 aliphatic rings. The molecule has 1 aliphatic heterocycles. The number of benzene rings is 1. The van der Waals surface area contributed by atoms with Crippen LogP contribution in [0.5, 0.6) is 0 Å². The lowest BCUT2D eigenvalue weighted by molar-refractivity contribution is 0.450. The van der Waals surface area contributed by atoms with Crippen molar-refractivity contribution in [1.29, 1.82) is 0 Å². The highest BCUT2D eigenvalue weighted by molar-refractivity contribution is 5.85. The zero-order valence-corrected chi connectivity index (χ0v) is 10.1. The van der Waals surface area contributed by atoms with Crippen LogP contribution < -0.4 is 5.32 Å². The van der Waals surface area contributed by atoms with Gasteiger partial charge in [-0.2, -0.15) is 0 Å². The van der Waals surface area contributed by atoms with Crippen molar-refractivity contribution in [2.45, 2.75) is 12.8 Å². The maximum Gasteiger partial charge on any atom is 0.0740 e. The summed E-state index contributed by atoms with van der Waals surface area (Å²) >= 11 is 0. The third kappa shape index (κ3) is 1.79. The first kappa shape index (κ1) is 11.4. The van der Waals surface area contributed by atoms with Crippen LogP contribution in [0.15, 0.2) is 30.3 Å². The average Bonchev–Trinajstić information content (AvgIpc) is 2.16. The topological polar surface area (TPSA) is 24.9 Å². The van der Waals surface area contributed by atoms with E-state index in [1.54, 1.807) is 0 Å². The van der Waals surface area contributed by atoms with Gasteiger partial charge in [0, 0.05) is 30.1 Å². The number of hydrogen-bond donors (Lipinski definition) is 1. The average molecular weight is 235 g/mol. The van der Waals surface area contributed by atoms with Crippen molar-refractivity contribution in [3.63, 3.8) is 0 Å². The second-order valence-corrected chi connectivity index (χ2v) is 4.23. The second-order valence-electron chi connectivity index (χ2n) is 4.23. The summed E-state index contributed by atoms with van der Waals surface area (Å²) in [4.78, 5) is 4.65. The van der Waals surface area contributed by atoms with E-state index in [0.29, 0.717) is 5.92 Å². The molecule has 1 fully saturated rings. The molecule has 2 nitrogen and oxygen atoms in total. The number of para-hydroxylation sites is 1. The molecule has 1 aromatic carbocycles. The summed E-state index contributed by atoms with van der Waals surface area (Å²) in [6, 6.07) is 10.7. The van der Waals surface area contributed by atoms with Crippen molar-refractivity contribution >= 4 is 23.3 Å². The Morgan fingerprint density at radius 2 is 2.00 bits per heavy atom. The molecule has 84 valence electrons. The molecule has 0 amide bonds. The molecule has 1 N–H and O–H groups in total. The van der Waals surface area contributed by atoms with Gasteiger partial charge in [-0.05, 0) is 18.6 Å². The van der Waals surface area contributed by atoms with Crippen molar-refractivity contribution in [2.75, 3.05) is 13.1 Å². The zero-order valence-electron chi connectivity index (χ0n) is 9.23. The Balaban J connectivity index is 0.000000963. The quantitative estimate of drug-likeness (QED) is 0.821. The van der Waals surface area contributed by atoms with Gasteiger partial charge >= 0.3 is 0 Å². The van der Waals surface area contributed by atoms with Crippen LogP contribution in [-0.2, 0) is 0 Å². The number of aryl methyl sites for hydroxylation is 1. The van der Waals surface area contributed by atoms with Crippen molar-refractivity contribution in [2.24, 2.45) is 0 Å². The van der Waals surface area contributed by atoms with Crippen LogP contribution in [0.25, 0.3) is 10.9 Å². The van der Waals surface area contributed by atoms with Crippen LogP contribution in [0, 0.1) is 6.92 Å². The van der Waals surface area contributed by atoms with Gasteiger partial charge in [-0.25, -0.2) is 0 Å². The highest BCUT2D eigenvalue weighted by Gasteiger charge is 2.21. The van der Waals surface area contributed by atoms with E-state index in [1.807, 2.05) is 0 Å². The predicted octanol–water partition coefficient (Wildman–Crippen LogP) is 2.65. The van der Waals surface area contributed by atoms with E-state index >= 15 is 0 Å². The Morgan fingerprint density at radius 1 is 1.19 bits per heavy atom. The minimum Gasteiger partial charge on any atom is -0.315 e. The smallest absolute Gasteiger partial charge is 0.0740 e. The predicted molar refractivity (Wildman–Crippen MR) is 69.3 cm³/mol. The highest BCUT2D eigenvalue weighted by Crippen LogP contribution is 2.26. The first-order chi connectivity index (χ1) is 7.34. The summed E-state index contributed by atoms with van der Waals surface area (Å²) in [7, 11) is 0. The Labute approximate surface area is 101 Å². The van der Waals surface area contributed by atoms with Crippen LogP contribution >= 0.6 is 12.4 Å². The molecular weight excluding hydrogens is 220 g/mol. The van der Waals surface area contributed by atoms with Crippen molar-refractivity contribution < 1.29 is 0 Å². The first-order valence-electron chi connectivity index (χ1n) is 5.41. The Kier molecular flexibility index (Phi) is 3.13. The maximum atomic E-state index is 4.65. The van der Waals surface area contributed by atoms with Crippen LogP contribution in [0.4, 0.5) is 0 Å². The number of fused-ring (bicyclic) bond motifs is 1. The van der Waals surface area contributed by atoms with Gasteiger partial charge in [0.15, 0.2) is 0 Å². The Hall–Kier alpha value is -1.12. The van der Waals surface area contributed by atoms with Gasteiger partial charge in [0.05, 0.1) is 5.52 Å². The molecule has 2 aromatic rings. The minimum absolute atomic E-state index is 0. The van der Waals surface area contributed by atoms with Gasteiger partial charge < -0.3 is 5.32 Å². The number of nitrogens with zero attached hydrogens (tertiary/aromatic N) is 1. The van der Waals surface area contributed by atoms with E-state index in [-0.39, 0.29) is 12.4 Å². The van der Waals surface area contributed by atoms with Gasteiger partial charge in [0.1, 0.15) is 0 Å². The summed E-state index contributed by atoms with van der Waals surface area (Å²) in [6.07, 6.45) is 0. The largest absolute Gasteiger partial charge is 0.315 e. The molecule has 0 aliphatic carbocycles. The van der Waals surface area contributed by atoms with Crippen molar-refractivity contribution in [3.05, 3.63) is 41.6 Å². The Bertz CT molecular complexity index is 506. The fourth-order valence-electron chi connectivity index (χ4n) is 2.11. The molecule has 0 spiro atoms. The lowest BCUT2D eigenvalue weighted by Crippen LogP contribution is -2.40. The lowest BCUT2D eigenvalue weighted by Gasteiger charge is -2.28. The molecule has 0 bridgehead atoms. The van der Waals surface area contributed by atoms with Gasteiger partial charge in [0.25, 0.3) is 0 Å². The molecule has 2 heterocycles. The molecule has 1 saturated heterocycles. The second kappa shape index (κ2) is 4.40. The molecule has 0 unspecified atom stereocenters. The van der Waals surface area contributed by atoms with Gasteiger partial charge in [0.2, 0.25) is 0 Å². The molecule has 0 atom stereocenters. The fraction of sp³-hybridized carbons (Fsp3) is 0.308. The molecular formula is C13H15ClN2. The van der Waals surface area contributed by atoms with Crippen LogP contribution in [0.2, 0.25) is 0 Å². The van der Waals surface area contributed by atoms with E-state index in [0.717, 1.165) is 18.8 Å². The summed E-state index contributed by atoms with van der Waals surface area (Å²) < 4.78 is 0. The maximum absolute atomic E-state index is 4.65. The Morgan fingerprint density at radius 3 is 2.69 bits per heavy atom. The minimum atomic E-state index is 0. The van der Waals surface area contributed by atoms with E-state index in [2.05, 4.69) is 47.6 Å². The van der Waals surface area contributed by atoms with E-state index in [1.165, 1.54) is 16.5 Å². The van der Waals surface area contributed by atoms with Gasteiger partial charge in [-0.15, -0.1) is 12.4 Å². The van der Waals surface area contributed by atoms with Gasteiger partial charge in [-0.3, -0.25) is 4.98 Å². The third-order valence-electron chi connectivity index (χ3n) is 3.11.